The highest BCUT2D eigenvalue weighted by Gasteiger charge is 2.28. The van der Waals surface area contributed by atoms with E-state index in [9.17, 15) is 23.6 Å². The molecule has 5 N–H and O–H groups in total. The molecule has 0 aromatic heterocycles. The Labute approximate surface area is 167 Å². The zero-order chi connectivity index (χ0) is 21.6. The van der Waals surface area contributed by atoms with E-state index in [1.807, 2.05) is 6.07 Å². The highest BCUT2D eigenvalue weighted by Crippen LogP contribution is 2.06. The Bertz CT molecular complexity index is 686. The fourth-order valence-corrected chi connectivity index (χ4v) is 2.45. The molecule has 9 nitrogen and oxygen atoms in total. The monoisotopic (exact) mass is 411 g/mol. The summed E-state index contributed by atoms with van der Waals surface area (Å²) < 4.78 is 17.7. The summed E-state index contributed by atoms with van der Waals surface area (Å²) in [6.45, 7) is -1.04. The van der Waals surface area contributed by atoms with Gasteiger partial charge in [-0.2, -0.15) is 0 Å². The van der Waals surface area contributed by atoms with Crippen LogP contribution in [0.15, 0.2) is 30.3 Å². The highest BCUT2D eigenvalue weighted by molar-refractivity contribution is 5.94. The van der Waals surface area contributed by atoms with Gasteiger partial charge in [0.1, 0.15) is 25.4 Å². The molecular weight excluding hydrogens is 385 g/mol. The lowest BCUT2D eigenvalue weighted by Gasteiger charge is -2.21. The second-order valence-electron chi connectivity index (χ2n) is 6.30. The maximum Gasteiger partial charge on any atom is 0.408 e. The van der Waals surface area contributed by atoms with Crippen LogP contribution in [0.3, 0.4) is 0 Å². The molecule has 0 radical (unpaired) electrons. The Morgan fingerprint density at radius 1 is 1.07 bits per heavy atom. The van der Waals surface area contributed by atoms with E-state index in [0.29, 0.717) is 19.4 Å². The van der Waals surface area contributed by atoms with Crippen LogP contribution in [-0.4, -0.2) is 54.2 Å². The van der Waals surface area contributed by atoms with Crippen molar-refractivity contribution in [1.82, 2.24) is 10.6 Å². The van der Waals surface area contributed by atoms with Crippen LogP contribution in [0.2, 0.25) is 0 Å². The summed E-state index contributed by atoms with van der Waals surface area (Å²) in [5.74, 6) is -3.23. The maximum absolute atomic E-state index is 12.7. The molecular formula is C19H26FN3O6. The van der Waals surface area contributed by atoms with Crippen LogP contribution in [0.5, 0.6) is 0 Å². The van der Waals surface area contributed by atoms with E-state index in [1.165, 1.54) is 0 Å². The zero-order valence-corrected chi connectivity index (χ0v) is 15.9. The second kappa shape index (κ2) is 13.2. The zero-order valence-electron chi connectivity index (χ0n) is 15.9. The molecule has 0 heterocycles. The molecule has 0 fully saturated rings. The number of hydrogen-bond acceptors (Lipinski definition) is 6. The minimum Gasteiger partial charge on any atom is -0.481 e. The Kier molecular flexibility index (Phi) is 10.9. The molecule has 1 aromatic rings. The summed E-state index contributed by atoms with van der Waals surface area (Å²) in [6.07, 6.45) is -0.343. The van der Waals surface area contributed by atoms with Crippen LogP contribution in [0.1, 0.15) is 31.2 Å². The number of hydrogen-bond donors (Lipinski definition) is 4. The van der Waals surface area contributed by atoms with Crippen molar-refractivity contribution in [2.24, 2.45) is 5.73 Å². The number of nitrogens with two attached hydrogens (primary N) is 1. The first-order valence-electron chi connectivity index (χ1n) is 9.15. The number of alkyl halides is 1. The topological polar surface area (TPSA) is 148 Å². The van der Waals surface area contributed by atoms with Gasteiger partial charge < -0.3 is 26.2 Å². The Morgan fingerprint density at radius 3 is 2.34 bits per heavy atom. The number of alkyl carbamates (subject to hydrolysis) is 1. The minimum atomic E-state index is -1.52. The lowest BCUT2D eigenvalue weighted by atomic mass is 10.1. The molecule has 1 rings (SSSR count). The van der Waals surface area contributed by atoms with E-state index >= 15 is 0 Å². The van der Waals surface area contributed by atoms with Crippen molar-refractivity contribution in [2.45, 2.75) is 44.4 Å². The first-order valence-corrected chi connectivity index (χ1v) is 9.15. The number of carbonyl (C=O) groups excluding carboxylic acids is 3. The number of carbonyl (C=O) groups is 4. The summed E-state index contributed by atoms with van der Waals surface area (Å²) in [5.41, 5.74) is 6.19. The Balaban J connectivity index is 2.72. The van der Waals surface area contributed by atoms with Gasteiger partial charge in [0.25, 0.3) is 0 Å². The van der Waals surface area contributed by atoms with Gasteiger partial charge in [0.05, 0.1) is 6.42 Å². The molecule has 0 saturated heterocycles. The number of benzene rings is 1. The predicted molar refractivity (Wildman–Crippen MR) is 102 cm³/mol. The summed E-state index contributed by atoms with van der Waals surface area (Å²) in [5, 5.41) is 13.4. The Hall–Kier alpha value is -3.01. The number of aliphatic carboxylic acids is 1. The van der Waals surface area contributed by atoms with Crippen LogP contribution in [0, 0.1) is 0 Å². The molecule has 0 aliphatic heterocycles. The molecule has 160 valence electrons. The van der Waals surface area contributed by atoms with Gasteiger partial charge in [0, 0.05) is 0 Å². The highest BCUT2D eigenvalue weighted by atomic mass is 19.1. The van der Waals surface area contributed by atoms with E-state index in [4.69, 9.17) is 15.6 Å². The summed E-state index contributed by atoms with van der Waals surface area (Å²) in [7, 11) is 0. The van der Waals surface area contributed by atoms with E-state index in [-0.39, 0.29) is 13.0 Å². The SMILES string of the molecule is NCCCC[C@H](NC(=O)OCc1ccccc1)C(=O)NC(CC(=O)O)C(=O)CF. The van der Waals surface area contributed by atoms with Gasteiger partial charge >= 0.3 is 12.1 Å². The number of Topliss-reactive ketones (excluding diaryl/α,β-unsaturated/α-hetero) is 1. The molecule has 2 amide bonds. The third kappa shape index (κ3) is 9.65. The van der Waals surface area contributed by atoms with E-state index < -0.39 is 48.9 Å². The molecule has 1 unspecified atom stereocenters. The number of halogens is 1. The lowest BCUT2D eigenvalue weighted by molar-refractivity contribution is -0.140. The number of rotatable bonds is 13. The van der Waals surface area contributed by atoms with Gasteiger partial charge in [-0.05, 0) is 31.4 Å². The summed E-state index contributed by atoms with van der Waals surface area (Å²) in [4.78, 5) is 47.0. The van der Waals surface area contributed by atoms with Crippen LogP contribution >= 0.6 is 0 Å². The second-order valence-corrected chi connectivity index (χ2v) is 6.30. The van der Waals surface area contributed by atoms with Crippen molar-refractivity contribution < 1.29 is 33.4 Å². The van der Waals surface area contributed by atoms with Crippen LogP contribution in [0.25, 0.3) is 0 Å². The van der Waals surface area contributed by atoms with Crippen molar-refractivity contribution in [3.63, 3.8) is 0 Å². The quantitative estimate of drug-likeness (QED) is 0.353. The summed E-state index contributed by atoms with van der Waals surface area (Å²) in [6, 6.07) is 6.29. The van der Waals surface area contributed by atoms with Crippen molar-refractivity contribution in [3.8, 4) is 0 Å². The number of amides is 2. The van der Waals surface area contributed by atoms with Crippen molar-refractivity contribution in [2.75, 3.05) is 13.2 Å². The fraction of sp³-hybridized carbons (Fsp3) is 0.474. The molecule has 0 aliphatic carbocycles. The van der Waals surface area contributed by atoms with Crippen LogP contribution in [-0.2, 0) is 25.7 Å². The molecule has 0 spiro atoms. The normalized spacial score (nSPS) is 12.5. The average molecular weight is 411 g/mol. The molecule has 10 heteroatoms. The molecule has 0 bridgehead atoms. The van der Waals surface area contributed by atoms with Crippen LogP contribution < -0.4 is 16.4 Å². The third-order valence-electron chi connectivity index (χ3n) is 3.98. The fourth-order valence-electron chi connectivity index (χ4n) is 2.45. The van der Waals surface area contributed by atoms with Gasteiger partial charge in [-0.3, -0.25) is 14.4 Å². The number of ketones is 1. The Morgan fingerprint density at radius 2 is 1.76 bits per heavy atom. The maximum atomic E-state index is 12.7. The molecule has 0 aliphatic rings. The molecule has 0 saturated carbocycles. The average Bonchev–Trinajstić information content (AvgIpc) is 2.70. The van der Waals surface area contributed by atoms with E-state index in [0.717, 1.165) is 5.56 Å². The first kappa shape index (κ1) is 24.0. The van der Waals surface area contributed by atoms with Gasteiger partial charge in [-0.25, -0.2) is 9.18 Å². The van der Waals surface area contributed by atoms with E-state index in [1.54, 1.807) is 24.3 Å². The van der Waals surface area contributed by atoms with Crippen molar-refractivity contribution >= 4 is 23.8 Å². The number of carboxylic acids is 1. The molecule has 29 heavy (non-hydrogen) atoms. The van der Waals surface area contributed by atoms with Gasteiger partial charge in [-0.15, -0.1) is 0 Å². The number of unbranched alkanes of at least 4 members (excludes halogenated alkanes) is 1. The smallest absolute Gasteiger partial charge is 0.408 e. The number of carboxylic acid groups (broad SMARTS) is 1. The van der Waals surface area contributed by atoms with Crippen LogP contribution in [0.4, 0.5) is 9.18 Å². The van der Waals surface area contributed by atoms with Crippen molar-refractivity contribution in [1.29, 1.82) is 0 Å². The predicted octanol–water partition coefficient (Wildman–Crippen LogP) is 0.908. The standard InChI is InChI=1S/C19H26FN3O6/c20-11-16(24)15(10-17(25)26)22-18(27)14(8-4-5-9-21)23-19(28)29-12-13-6-2-1-3-7-13/h1-3,6-7,14-15H,4-5,8-12,21H2,(H,22,27)(H,23,28)(H,25,26)/t14-,15?/m0/s1. The minimum absolute atomic E-state index is 0.00815. The first-order chi connectivity index (χ1) is 13.9. The van der Waals surface area contributed by atoms with Gasteiger partial charge in [0.2, 0.25) is 5.91 Å². The number of nitrogens with one attached hydrogen (secondary N) is 2. The van der Waals surface area contributed by atoms with Crippen molar-refractivity contribution in [3.05, 3.63) is 35.9 Å². The van der Waals surface area contributed by atoms with E-state index in [2.05, 4.69) is 10.6 Å². The lowest BCUT2D eigenvalue weighted by Crippen LogP contribution is -2.52. The molecule has 1 aromatic carbocycles. The third-order valence-corrected chi connectivity index (χ3v) is 3.98. The molecule has 2 atom stereocenters. The van der Waals surface area contributed by atoms with Gasteiger partial charge in [0.15, 0.2) is 5.78 Å². The van der Waals surface area contributed by atoms with Gasteiger partial charge in [-0.1, -0.05) is 30.3 Å². The summed E-state index contributed by atoms with van der Waals surface area (Å²) >= 11 is 0. The number of ether oxygens (including phenoxy) is 1. The largest absolute Gasteiger partial charge is 0.481 e.